The molecule has 0 aliphatic carbocycles. The second-order valence-corrected chi connectivity index (χ2v) is 6.45. The van der Waals surface area contributed by atoms with Gasteiger partial charge in [0.25, 0.3) is 5.91 Å². The summed E-state index contributed by atoms with van der Waals surface area (Å²) in [5.74, 6) is 0.389. The van der Waals surface area contributed by atoms with Gasteiger partial charge in [0, 0.05) is 30.0 Å². The lowest BCUT2D eigenvalue weighted by molar-refractivity contribution is 0.0941. The van der Waals surface area contributed by atoms with Gasteiger partial charge in [-0.15, -0.1) is 0 Å². The number of carbonyl (C=O) groups is 1. The number of nitrogens with one attached hydrogen (secondary N) is 2. The fraction of sp³-hybridized carbons (Fsp3) is 0.0909. The fourth-order valence-corrected chi connectivity index (χ4v) is 2.81. The fourth-order valence-electron chi connectivity index (χ4n) is 2.81. The maximum Gasteiger partial charge on any atom is 0.289 e. The van der Waals surface area contributed by atoms with Crippen molar-refractivity contribution in [1.29, 1.82) is 0 Å². The van der Waals surface area contributed by atoms with Crippen LogP contribution < -0.4 is 10.6 Å². The van der Waals surface area contributed by atoms with Crippen molar-refractivity contribution in [2.24, 2.45) is 0 Å². The number of fused-ring (bicyclic) bond motifs is 1. The van der Waals surface area contributed by atoms with Crippen LogP contribution in [0.2, 0.25) is 0 Å². The first-order chi connectivity index (χ1) is 13.7. The third-order valence-corrected chi connectivity index (χ3v) is 4.30. The summed E-state index contributed by atoms with van der Waals surface area (Å²) in [7, 11) is 0. The van der Waals surface area contributed by atoms with Gasteiger partial charge in [0.2, 0.25) is 5.82 Å². The van der Waals surface area contributed by atoms with Crippen molar-refractivity contribution in [3.05, 3.63) is 90.0 Å². The second kappa shape index (κ2) is 7.84. The number of para-hydroxylation sites is 1. The highest BCUT2D eigenvalue weighted by atomic mass is 16.2. The van der Waals surface area contributed by atoms with Crippen molar-refractivity contribution in [2.75, 3.05) is 5.32 Å². The molecule has 0 spiro atoms. The zero-order valence-electron chi connectivity index (χ0n) is 15.4. The number of carbonyl (C=O) groups excluding carboxylic acids is 1. The summed E-state index contributed by atoms with van der Waals surface area (Å²) in [6.45, 7) is 2.40. The average Bonchev–Trinajstić information content (AvgIpc) is 2.74. The van der Waals surface area contributed by atoms with Gasteiger partial charge in [-0.2, -0.15) is 0 Å². The molecule has 0 saturated heterocycles. The molecule has 0 unspecified atom stereocenters. The molecular weight excluding hydrogens is 350 g/mol. The molecule has 1 amide bonds. The number of pyridine rings is 1. The van der Waals surface area contributed by atoms with Crippen molar-refractivity contribution in [1.82, 2.24) is 20.3 Å². The summed E-state index contributed by atoms with van der Waals surface area (Å²) in [5, 5.41) is 7.00. The number of anilines is 2. The zero-order chi connectivity index (χ0) is 19.3. The van der Waals surface area contributed by atoms with E-state index in [0.717, 1.165) is 16.6 Å². The Labute approximate surface area is 162 Å². The molecule has 0 saturated carbocycles. The van der Waals surface area contributed by atoms with E-state index in [1.165, 1.54) is 5.56 Å². The highest BCUT2D eigenvalue weighted by molar-refractivity contribution is 5.97. The summed E-state index contributed by atoms with van der Waals surface area (Å²) in [6.07, 6.45) is 3.41. The normalized spacial score (nSPS) is 10.6. The molecule has 0 aliphatic rings. The Morgan fingerprint density at radius 1 is 0.964 bits per heavy atom. The second-order valence-electron chi connectivity index (χ2n) is 6.45. The minimum atomic E-state index is -0.332. The van der Waals surface area contributed by atoms with E-state index in [2.05, 4.69) is 25.6 Å². The summed E-state index contributed by atoms with van der Waals surface area (Å²) >= 11 is 0. The van der Waals surface area contributed by atoms with E-state index in [9.17, 15) is 4.79 Å². The van der Waals surface area contributed by atoms with Crippen molar-refractivity contribution >= 4 is 28.3 Å². The molecule has 0 radical (unpaired) electrons. The molecule has 0 aliphatic heterocycles. The topological polar surface area (TPSA) is 79.8 Å². The third-order valence-electron chi connectivity index (χ3n) is 4.30. The Kier molecular flexibility index (Phi) is 4.93. The van der Waals surface area contributed by atoms with Crippen LogP contribution in [0, 0.1) is 6.92 Å². The molecule has 0 atom stereocenters. The number of aromatic nitrogens is 3. The van der Waals surface area contributed by atoms with Crippen LogP contribution >= 0.6 is 0 Å². The maximum atomic E-state index is 12.6. The molecule has 6 nitrogen and oxygen atoms in total. The van der Waals surface area contributed by atoms with Gasteiger partial charge in [-0.3, -0.25) is 9.78 Å². The van der Waals surface area contributed by atoms with E-state index in [-0.39, 0.29) is 11.7 Å². The van der Waals surface area contributed by atoms with E-state index < -0.39 is 0 Å². The van der Waals surface area contributed by atoms with Crippen molar-refractivity contribution in [3.8, 4) is 0 Å². The van der Waals surface area contributed by atoms with Gasteiger partial charge in [-0.25, -0.2) is 9.97 Å². The lowest BCUT2D eigenvalue weighted by Crippen LogP contribution is -2.25. The van der Waals surface area contributed by atoms with E-state index in [1.807, 2.05) is 67.6 Å². The van der Waals surface area contributed by atoms with E-state index >= 15 is 0 Å². The van der Waals surface area contributed by atoms with Gasteiger partial charge in [0.1, 0.15) is 5.82 Å². The molecule has 28 heavy (non-hydrogen) atoms. The predicted octanol–water partition coefficient (Wildman–Crippen LogP) is 4.01. The van der Waals surface area contributed by atoms with Crippen molar-refractivity contribution < 1.29 is 4.79 Å². The molecular formula is C22H19N5O. The standard InChI is InChI=1S/C22H19N5O/c1-15-8-10-17(11-9-15)25-20-18-6-2-3-7-19(18)26-21(27-20)22(28)24-14-16-5-4-12-23-13-16/h2-13H,14H2,1H3,(H,24,28)(H,25,26,27). The molecule has 0 fully saturated rings. The van der Waals surface area contributed by atoms with Crippen LogP contribution in [0.25, 0.3) is 10.9 Å². The Morgan fingerprint density at radius 3 is 2.57 bits per heavy atom. The Balaban J connectivity index is 1.63. The first-order valence-electron chi connectivity index (χ1n) is 8.96. The van der Waals surface area contributed by atoms with E-state index in [1.54, 1.807) is 12.4 Å². The van der Waals surface area contributed by atoms with Crippen molar-refractivity contribution in [2.45, 2.75) is 13.5 Å². The molecule has 138 valence electrons. The number of aryl methyl sites for hydroxylation is 1. The van der Waals surface area contributed by atoms with Crippen molar-refractivity contribution in [3.63, 3.8) is 0 Å². The number of hydrogen-bond acceptors (Lipinski definition) is 5. The minimum absolute atomic E-state index is 0.122. The van der Waals surface area contributed by atoms with Gasteiger partial charge < -0.3 is 10.6 Å². The van der Waals surface area contributed by atoms with Gasteiger partial charge in [0.05, 0.1) is 5.52 Å². The molecule has 2 heterocycles. The zero-order valence-corrected chi connectivity index (χ0v) is 15.4. The summed E-state index contributed by atoms with van der Waals surface area (Å²) in [5.41, 5.74) is 3.69. The van der Waals surface area contributed by atoms with Crippen LogP contribution in [0.3, 0.4) is 0 Å². The molecule has 4 aromatic rings. The smallest absolute Gasteiger partial charge is 0.289 e. The lowest BCUT2D eigenvalue weighted by Gasteiger charge is -2.11. The first kappa shape index (κ1) is 17.6. The molecule has 2 aromatic heterocycles. The van der Waals surface area contributed by atoms with Crippen LogP contribution in [0.5, 0.6) is 0 Å². The van der Waals surface area contributed by atoms with Crippen LogP contribution in [0.1, 0.15) is 21.7 Å². The molecule has 0 bridgehead atoms. The highest BCUT2D eigenvalue weighted by Gasteiger charge is 2.14. The number of nitrogens with zero attached hydrogens (tertiary/aromatic N) is 3. The molecule has 2 aromatic carbocycles. The number of amides is 1. The highest BCUT2D eigenvalue weighted by Crippen LogP contribution is 2.24. The predicted molar refractivity (Wildman–Crippen MR) is 109 cm³/mol. The van der Waals surface area contributed by atoms with Gasteiger partial charge in [-0.1, -0.05) is 35.9 Å². The van der Waals surface area contributed by atoms with E-state index in [0.29, 0.717) is 17.9 Å². The largest absolute Gasteiger partial charge is 0.345 e. The Bertz CT molecular complexity index is 1110. The van der Waals surface area contributed by atoms with Crippen LogP contribution in [-0.4, -0.2) is 20.9 Å². The molecule has 6 heteroatoms. The van der Waals surface area contributed by atoms with E-state index in [4.69, 9.17) is 0 Å². The third kappa shape index (κ3) is 3.96. The SMILES string of the molecule is Cc1ccc(Nc2nc(C(=O)NCc3cccnc3)nc3ccccc23)cc1. The molecule has 4 rings (SSSR count). The summed E-state index contributed by atoms with van der Waals surface area (Å²) in [4.78, 5) is 25.6. The Hall–Kier alpha value is -3.80. The van der Waals surface area contributed by atoms with Gasteiger partial charge in [0.15, 0.2) is 0 Å². The summed E-state index contributed by atoms with van der Waals surface area (Å²) < 4.78 is 0. The number of hydrogen-bond donors (Lipinski definition) is 2. The number of benzene rings is 2. The Morgan fingerprint density at radius 2 is 1.79 bits per heavy atom. The quantitative estimate of drug-likeness (QED) is 0.556. The lowest BCUT2D eigenvalue weighted by atomic mass is 10.2. The minimum Gasteiger partial charge on any atom is -0.345 e. The monoisotopic (exact) mass is 369 g/mol. The van der Waals surface area contributed by atoms with Crippen LogP contribution in [-0.2, 0) is 6.54 Å². The average molecular weight is 369 g/mol. The van der Waals surface area contributed by atoms with Gasteiger partial charge >= 0.3 is 0 Å². The summed E-state index contributed by atoms with van der Waals surface area (Å²) in [6, 6.07) is 19.4. The van der Waals surface area contributed by atoms with Gasteiger partial charge in [-0.05, 0) is 42.8 Å². The maximum absolute atomic E-state index is 12.6. The first-order valence-corrected chi connectivity index (χ1v) is 8.96. The van der Waals surface area contributed by atoms with Crippen LogP contribution in [0.4, 0.5) is 11.5 Å². The number of rotatable bonds is 5. The van der Waals surface area contributed by atoms with Crippen LogP contribution in [0.15, 0.2) is 73.1 Å². The molecule has 2 N–H and O–H groups in total.